The summed E-state index contributed by atoms with van der Waals surface area (Å²) in [6, 6.07) is 9.42. The van der Waals surface area contributed by atoms with Crippen LogP contribution in [0.1, 0.15) is 25.0 Å². The van der Waals surface area contributed by atoms with E-state index in [1.807, 2.05) is 24.4 Å². The van der Waals surface area contributed by atoms with Gasteiger partial charge in [0, 0.05) is 37.3 Å². The minimum absolute atomic E-state index is 0.132. The number of aromatic nitrogens is 1. The second kappa shape index (κ2) is 7.97. The van der Waals surface area contributed by atoms with Gasteiger partial charge in [0.15, 0.2) is 6.10 Å². The normalized spacial score (nSPS) is 23.8. The molecule has 2 aliphatic heterocycles. The fourth-order valence-electron chi connectivity index (χ4n) is 3.74. The second-order valence-electron chi connectivity index (χ2n) is 7.47. The van der Waals surface area contributed by atoms with Crippen LogP contribution >= 0.6 is 11.6 Å². The molecular weight excluding hydrogens is 378 g/mol. The van der Waals surface area contributed by atoms with Crippen molar-refractivity contribution < 1.29 is 14.3 Å². The Bertz CT molecular complexity index is 848. The average molecular weight is 402 g/mol. The second-order valence-corrected chi connectivity index (χ2v) is 7.90. The zero-order valence-electron chi connectivity index (χ0n) is 16.0. The summed E-state index contributed by atoms with van der Waals surface area (Å²) in [5.41, 5.74) is 1.91. The third kappa shape index (κ3) is 4.23. The molecule has 28 heavy (non-hydrogen) atoms. The van der Waals surface area contributed by atoms with Crippen molar-refractivity contribution in [2.45, 2.75) is 45.1 Å². The molecule has 2 aliphatic rings. The van der Waals surface area contributed by atoms with E-state index in [9.17, 15) is 4.79 Å². The maximum Gasteiger partial charge on any atom is 0.261 e. The number of halogens is 1. The molecule has 1 saturated heterocycles. The van der Waals surface area contributed by atoms with Gasteiger partial charge in [-0.3, -0.25) is 4.79 Å². The van der Waals surface area contributed by atoms with Gasteiger partial charge in [-0.15, -0.1) is 0 Å². The largest absolute Gasteiger partial charge is 0.480 e. The summed E-state index contributed by atoms with van der Waals surface area (Å²) in [5.74, 6) is 1.53. The number of fused-ring (bicyclic) bond motifs is 1. The molecule has 1 aromatic carbocycles. The van der Waals surface area contributed by atoms with Crippen LogP contribution in [0.5, 0.6) is 5.75 Å². The molecule has 2 aromatic rings. The Labute approximate surface area is 169 Å². The van der Waals surface area contributed by atoms with Gasteiger partial charge in [0.1, 0.15) is 11.6 Å². The molecule has 148 valence electrons. The molecule has 0 unspecified atom stereocenters. The van der Waals surface area contributed by atoms with Crippen LogP contribution in [0.15, 0.2) is 36.5 Å². The van der Waals surface area contributed by atoms with Gasteiger partial charge in [0.05, 0.1) is 12.2 Å². The zero-order valence-corrected chi connectivity index (χ0v) is 16.8. The lowest BCUT2D eigenvalue weighted by molar-refractivity contribution is -0.127. The standard InChI is InChI=1S/C21H24ClN3O3/c1-13-11-25(12-14(2)27-13)20-6-3-15(9-23-20)10-24-21(26)19-8-16-7-17(22)4-5-18(16)28-19/h3-7,9,13-14,19H,8,10-12H2,1-2H3,(H,24,26)/t13-,14-,19+/m1/s1. The number of carbonyl (C=O) groups is 1. The van der Waals surface area contributed by atoms with Crippen molar-refractivity contribution in [3.05, 3.63) is 52.7 Å². The highest BCUT2D eigenvalue weighted by Crippen LogP contribution is 2.31. The molecule has 4 rings (SSSR count). The van der Waals surface area contributed by atoms with Gasteiger partial charge >= 0.3 is 0 Å². The highest BCUT2D eigenvalue weighted by atomic mass is 35.5. The van der Waals surface area contributed by atoms with E-state index >= 15 is 0 Å². The lowest BCUT2D eigenvalue weighted by Gasteiger charge is -2.36. The summed E-state index contributed by atoms with van der Waals surface area (Å²) >= 11 is 6.00. The number of rotatable bonds is 4. The van der Waals surface area contributed by atoms with E-state index in [2.05, 4.69) is 29.0 Å². The minimum Gasteiger partial charge on any atom is -0.480 e. The van der Waals surface area contributed by atoms with Gasteiger partial charge in [0.25, 0.3) is 5.91 Å². The summed E-state index contributed by atoms with van der Waals surface area (Å²) in [7, 11) is 0. The Kier molecular flexibility index (Phi) is 5.42. The smallest absolute Gasteiger partial charge is 0.261 e. The SMILES string of the molecule is C[C@@H]1CN(c2ccc(CNC(=O)[C@@H]3Cc4cc(Cl)ccc4O3)cn2)C[C@@H](C)O1. The Hall–Kier alpha value is -2.31. The molecule has 0 saturated carbocycles. The number of hydrogen-bond acceptors (Lipinski definition) is 5. The molecule has 3 atom stereocenters. The van der Waals surface area contributed by atoms with Gasteiger partial charge in [-0.25, -0.2) is 4.98 Å². The summed E-state index contributed by atoms with van der Waals surface area (Å²) in [6.45, 7) is 6.22. The van der Waals surface area contributed by atoms with Crippen molar-refractivity contribution in [1.82, 2.24) is 10.3 Å². The minimum atomic E-state index is -0.517. The van der Waals surface area contributed by atoms with Gasteiger partial charge in [-0.1, -0.05) is 17.7 Å². The topological polar surface area (TPSA) is 63.7 Å². The molecular formula is C21H24ClN3O3. The number of hydrogen-bond donors (Lipinski definition) is 1. The number of ether oxygens (including phenoxy) is 2. The van der Waals surface area contributed by atoms with Gasteiger partial charge in [-0.05, 0) is 49.2 Å². The number of pyridine rings is 1. The van der Waals surface area contributed by atoms with Crippen molar-refractivity contribution in [3.8, 4) is 5.75 Å². The first kappa shape index (κ1) is 19.0. The molecule has 0 spiro atoms. The van der Waals surface area contributed by atoms with Crippen LogP contribution in [0.4, 0.5) is 5.82 Å². The molecule has 1 fully saturated rings. The van der Waals surface area contributed by atoms with Gasteiger partial charge < -0.3 is 19.7 Å². The third-order valence-corrected chi connectivity index (χ3v) is 5.24. The summed E-state index contributed by atoms with van der Waals surface area (Å²) < 4.78 is 11.5. The highest BCUT2D eigenvalue weighted by molar-refractivity contribution is 6.30. The number of amides is 1. The average Bonchev–Trinajstić information content (AvgIpc) is 3.09. The van der Waals surface area contributed by atoms with E-state index in [1.165, 1.54) is 0 Å². The Balaban J connectivity index is 1.31. The van der Waals surface area contributed by atoms with Crippen LogP contribution in [0.25, 0.3) is 0 Å². The fraction of sp³-hybridized carbons (Fsp3) is 0.429. The predicted octanol–water partition coefficient (Wildman–Crippen LogP) is 2.97. The van der Waals surface area contributed by atoms with Crippen LogP contribution in [-0.4, -0.2) is 42.3 Å². The van der Waals surface area contributed by atoms with E-state index in [-0.39, 0.29) is 18.1 Å². The highest BCUT2D eigenvalue weighted by Gasteiger charge is 2.29. The maximum absolute atomic E-state index is 12.4. The first-order chi connectivity index (χ1) is 13.5. The summed E-state index contributed by atoms with van der Waals surface area (Å²) in [4.78, 5) is 19.2. The number of nitrogens with zero attached hydrogens (tertiary/aromatic N) is 2. The number of morpholine rings is 1. The van der Waals surface area contributed by atoms with Crippen molar-refractivity contribution in [2.75, 3.05) is 18.0 Å². The van der Waals surface area contributed by atoms with Crippen molar-refractivity contribution >= 4 is 23.3 Å². The van der Waals surface area contributed by atoms with Gasteiger partial charge in [0.2, 0.25) is 0 Å². The Morgan fingerprint density at radius 2 is 2.04 bits per heavy atom. The first-order valence-electron chi connectivity index (χ1n) is 9.56. The molecule has 3 heterocycles. The molecule has 1 amide bonds. The van der Waals surface area contributed by atoms with Crippen molar-refractivity contribution in [1.29, 1.82) is 0 Å². The van der Waals surface area contributed by atoms with Crippen LogP contribution in [0.3, 0.4) is 0 Å². The predicted molar refractivity (Wildman–Crippen MR) is 108 cm³/mol. The lowest BCUT2D eigenvalue weighted by atomic mass is 10.1. The fourth-order valence-corrected chi connectivity index (χ4v) is 3.93. The monoisotopic (exact) mass is 401 g/mol. The summed E-state index contributed by atoms with van der Waals surface area (Å²) in [6.07, 6.45) is 2.21. The van der Waals surface area contributed by atoms with Crippen molar-refractivity contribution in [3.63, 3.8) is 0 Å². The Morgan fingerprint density at radius 1 is 1.25 bits per heavy atom. The molecule has 0 radical (unpaired) electrons. The van der Waals surface area contributed by atoms with Crippen LogP contribution < -0.4 is 15.0 Å². The maximum atomic E-state index is 12.4. The molecule has 1 N–H and O–H groups in total. The van der Waals surface area contributed by atoms with E-state index in [1.54, 1.807) is 12.1 Å². The van der Waals surface area contributed by atoms with E-state index < -0.39 is 6.10 Å². The summed E-state index contributed by atoms with van der Waals surface area (Å²) in [5, 5.41) is 3.58. The Morgan fingerprint density at radius 3 is 2.75 bits per heavy atom. The molecule has 0 bridgehead atoms. The zero-order chi connectivity index (χ0) is 19.7. The molecule has 6 nitrogen and oxygen atoms in total. The quantitative estimate of drug-likeness (QED) is 0.853. The molecule has 0 aliphatic carbocycles. The molecule has 1 aromatic heterocycles. The van der Waals surface area contributed by atoms with Crippen LogP contribution in [-0.2, 0) is 22.5 Å². The van der Waals surface area contributed by atoms with Crippen LogP contribution in [0, 0.1) is 0 Å². The number of carbonyl (C=O) groups excluding carboxylic acids is 1. The third-order valence-electron chi connectivity index (χ3n) is 5.01. The van der Waals surface area contributed by atoms with E-state index in [0.717, 1.165) is 35.8 Å². The number of nitrogens with one attached hydrogen (secondary N) is 1. The lowest BCUT2D eigenvalue weighted by Crippen LogP contribution is -2.45. The van der Waals surface area contributed by atoms with Crippen LogP contribution in [0.2, 0.25) is 5.02 Å². The van der Waals surface area contributed by atoms with Crippen molar-refractivity contribution in [2.24, 2.45) is 0 Å². The number of anilines is 1. The van der Waals surface area contributed by atoms with E-state index in [4.69, 9.17) is 21.1 Å². The first-order valence-corrected chi connectivity index (χ1v) is 9.94. The van der Waals surface area contributed by atoms with Gasteiger partial charge in [-0.2, -0.15) is 0 Å². The molecule has 7 heteroatoms. The van der Waals surface area contributed by atoms with E-state index in [0.29, 0.717) is 18.0 Å². The number of benzene rings is 1.